The Balaban J connectivity index is 1.77. The predicted octanol–water partition coefficient (Wildman–Crippen LogP) is 1.27. The molecule has 18 heavy (non-hydrogen) atoms. The van der Waals surface area contributed by atoms with E-state index in [4.69, 9.17) is 14.2 Å². The van der Waals surface area contributed by atoms with Crippen LogP contribution in [0.25, 0.3) is 0 Å². The molecule has 1 N–H and O–H groups in total. The van der Waals surface area contributed by atoms with Gasteiger partial charge in [0.1, 0.15) is 12.2 Å². The first-order valence-corrected chi connectivity index (χ1v) is 5.84. The number of benzene rings is 1. The number of hydrogen-bond donors (Lipinski definition) is 1. The SMILES string of the molecule is CO[C@@H]1O[C@H](COCc2ccccc2)[C@H](F)[C@@H]1O. The molecule has 1 saturated heterocycles. The molecule has 2 rings (SSSR count). The molecule has 0 saturated carbocycles. The van der Waals surface area contributed by atoms with Crippen molar-refractivity contribution in [3.8, 4) is 0 Å². The van der Waals surface area contributed by atoms with E-state index in [0.717, 1.165) is 5.56 Å². The number of halogens is 1. The van der Waals surface area contributed by atoms with Gasteiger partial charge in [-0.15, -0.1) is 0 Å². The third-order valence-corrected chi connectivity index (χ3v) is 2.90. The normalized spacial score (nSPS) is 31.7. The third kappa shape index (κ3) is 3.05. The highest BCUT2D eigenvalue weighted by Gasteiger charge is 2.44. The quantitative estimate of drug-likeness (QED) is 0.862. The van der Waals surface area contributed by atoms with Crippen LogP contribution in [0.5, 0.6) is 0 Å². The molecule has 0 aliphatic carbocycles. The van der Waals surface area contributed by atoms with Crippen molar-refractivity contribution < 1.29 is 23.7 Å². The maximum absolute atomic E-state index is 13.6. The van der Waals surface area contributed by atoms with Gasteiger partial charge in [0.25, 0.3) is 0 Å². The molecular weight excluding hydrogens is 239 g/mol. The molecule has 1 fully saturated rings. The summed E-state index contributed by atoms with van der Waals surface area (Å²) in [6, 6.07) is 9.59. The van der Waals surface area contributed by atoms with E-state index in [9.17, 15) is 9.50 Å². The summed E-state index contributed by atoms with van der Waals surface area (Å²) in [6.45, 7) is 0.480. The number of ether oxygens (including phenoxy) is 3. The molecule has 100 valence electrons. The van der Waals surface area contributed by atoms with E-state index in [-0.39, 0.29) is 6.61 Å². The molecule has 0 radical (unpaired) electrons. The van der Waals surface area contributed by atoms with Crippen molar-refractivity contribution in [1.82, 2.24) is 0 Å². The second kappa shape index (κ2) is 6.24. The smallest absolute Gasteiger partial charge is 0.186 e. The molecular formula is C13H17FO4. The minimum absolute atomic E-state index is 0.0903. The van der Waals surface area contributed by atoms with Crippen LogP contribution in [0.15, 0.2) is 30.3 Å². The molecule has 1 aliphatic heterocycles. The number of alkyl halides is 1. The molecule has 0 bridgehead atoms. The maximum Gasteiger partial charge on any atom is 0.186 e. The zero-order valence-electron chi connectivity index (χ0n) is 10.2. The molecule has 0 amide bonds. The number of aliphatic hydroxyl groups excluding tert-OH is 1. The Labute approximate surface area is 105 Å². The van der Waals surface area contributed by atoms with Crippen molar-refractivity contribution in [3.05, 3.63) is 35.9 Å². The van der Waals surface area contributed by atoms with Crippen LogP contribution in [-0.2, 0) is 20.8 Å². The van der Waals surface area contributed by atoms with Crippen molar-refractivity contribution in [1.29, 1.82) is 0 Å². The van der Waals surface area contributed by atoms with E-state index in [1.165, 1.54) is 7.11 Å². The second-order valence-electron chi connectivity index (χ2n) is 4.21. The topological polar surface area (TPSA) is 47.9 Å². The van der Waals surface area contributed by atoms with Gasteiger partial charge in [0, 0.05) is 7.11 Å². The summed E-state index contributed by atoms with van der Waals surface area (Å²) in [6.07, 6.45) is -4.43. The van der Waals surface area contributed by atoms with Crippen LogP contribution in [0.2, 0.25) is 0 Å². The molecule has 0 spiro atoms. The van der Waals surface area contributed by atoms with Gasteiger partial charge in [0.2, 0.25) is 0 Å². The molecule has 1 aromatic rings. The largest absolute Gasteiger partial charge is 0.385 e. The first kappa shape index (κ1) is 13.4. The van der Waals surface area contributed by atoms with Gasteiger partial charge in [-0.25, -0.2) is 4.39 Å². The van der Waals surface area contributed by atoms with Crippen molar-refractivity contribution >= 4 is 0 Å². The fourth-order valence-corrected chi connectivity index (χ4v) is 1.89. The van der Waals surface area contributed by atoms with E-state index >= 15 is 0 Å². The lowest BCUT2D eigenvalue weighted by molar-refractivity contribution is -0.156. The Morgan fingerprint density at radius 2 is 2.06 bits per heavy atom. The summed E-state index contributed by atoms with van der Waals surface area (Å²) in [5.74, 6) is 0. The van der Waals surface area contributed by atoms with Gasteiger partial charge in [-0.05, 0) is 5.56 Å². The van der Waals surface area contributed by atoms with E-state index in [0.29, 0.717) is 6.61 Å². The molecule has 1 heterocycles. The van der Waals surface area contributed by atoms with E-state index in [1.54, 1.807) is 0 Å². The minimum Gasteiger partial charge on any atom is -0.385 e. The zero-order chi connectivity index (χ0) is 13.0. The Bertz CT molecular complexity index is 359. The van der Waals surface area contributed by atoms with Gasteiger partial charge in [-0.1, -0.05) is 30.3 Å². The number of hydrogen-bond acceptors (Lipinski definition) is 4. The van der Waals surface area contributed by atoms with Crippen LogP contribution in [0.1, 0.15) is 5.56 Å². The van der Waals surface area contributed by atoms with Gasteiger partial charge in [0.05, 0.1) is 13.2 Å². The highest BCUT2D eigenvalue weighted by atomic mass is 19.1. The van der Waals surface area contributed by atoms with Crippen LogP contribution >= 0.6 is 0 Å². The average molecular weight is 256 g/mol. The molecule has 1 aromatic carbocycles. The highest BCUT2D eigenvalue weighted by Crippen LogP contribution is 2.24. The van der Waals surface area contributed by atoms with Crippen LogP contribution in [0, 0.1) is 0 Å². The van der Waals surface area contributed by atoms with Gasteiger partial charge < -0.3 is 19.3 Å². The van der Waals surface area contributed by atoms with Crippen molar-refractivity contribution in [2.24, 2.45) is 0 Å². The zero-order valence-corrected chi connectivity index (χ0v) is 10.2. The van der Waals surface area contributed by atoms with E-state index in [1.807, 2.05) is 30.3 Å². The second-order valence-corrected chi connectivity index (χ2v) is 4.21. The van der Waals surface area contributed by atoms with Gasteiger partial charge in [0.15, 0.2) is 12.5 Å². The van der Waals surface area contributed by atoms with Gasteiger partial charge >= 0.3 is 0 Å². The van der Waals surface area contributed by atoms with Crippen LogP contribution in [0.4, 0.5) is 4.39 Å². The van der Waals surface area contributed by atoms with Gasteiger partial charge in [-0.3, -0.25) is 0 Å². The lowest BCUT2D eigenvalue weighted by atomic mass is 10.2. The first-order valence-electron chi connectivity index (χ1n) is 5.84. The number of aliphatic hydroxyl groups is 1. The molecule has 0 unspecified atom stereocenters. The van der Waals surface area contributed by atoms with Gasteiger partial charge in [-0.2, -0.15) is 0 Å². The highest BCUT2D eigenvalue weighted by molar-refractivity contribution is 5.13. The van der Waals surface area contributed by atoms with Crippen molar-refractivity contribution in [2.75, 3.05) is 13.7 Å². The number of rotatable bonds is 5. The maximum atomic E-state index is 13.6. The lowest BCUT2D eigenvalue weighted by Crippen LogP contribution is -2.31. The fraction of sp³-hybridized carbons (Fsp3) is 0.538. The summed E-state index contributed by atoms with van der Waals surface area (Å²) in [4.78, 5) is 0. The Kier molecular flexibility index (Phi) is 4.66. The molecule has 1 aliphatic rings. The molecule has 0 aromatic heterocycles. The van der Waals surface area contributed by atoms with Crippen LogP contribution in [0.3, 0.4) is 0 Å². The molecule has 4 nitrogen and oxygen atoms in total. The Morgan fingerprint density at radius 1 is 1.33 bits per heavy atom. The Morgan fingerprint density at radius 3 is 2.67 bits per heavy atom. The predicted molar refractivity (Wildman–Crippen MR) is 62.7 cm³/mol. The molecule has 5 heteroatoms. The third-order valence-electron chi connectivity index (χ3n) is 2.90. The lowest BCUT2D eigenvalue weighted by Gasteiger charge is -2.13. The van der Waals surface area contributed by atoms with Crippen molar-refractivity contribution in [2.45, 2.75) is 31.3 Å². The minimum atomic E-state index is -1.48. The summed E-state index contributed by atoms with van der Waals surface area (Å²) >= 11 is 0. The van der Waals surface area contributed by atoms with E-state index in [2.05, 4.69) is 0 Å². The van der Waals surface area contributed by atoms with Crippen LogP contribution in [-0.4, -0.2) is 43.5 Å². The summed E-state index contributed by atoms with van der Waals surface area (Å²) < 4.78 is 29.0. The molecule has 4 atom stereocenters. The number of methoxy groups -OCH3 is 1. The fourth-order valence-electron chi connectivity index (χ4n) is 1.89. The average Bonchev–Trinajstić information content (AvgIpc) is 2.68. The Hall–Kier alpha value is -1.01. The summed E-state index contributed by atoms with van der Waals surface area (Å²) in [5, 5.41) is 9.46. The van der Waals surface area contributed by atoms with Crippen LogP contribution < -0.4 is 0 Å². The monoisotopic (exact) mass is 256 g/mol. The summed E-state index contributed by atoms with van der Waals surface area (Å²) in [5.41, 5.74) is 1.01. The van der Waals surface area contributed by atoms with Crippen molar-refractivity contribution in [3.63, 3.8) is 0 Å². The first-order chi connectivity index (χ1) is 8.72. The summed E-state index contributed by atoms with van der Waals surface area (Å²) in [7, 11) is 1.37. The van der Waals surface area contributed by atoms with E-state index < -0.39 is 24.7 Å². The standard InChI is InChI=1S/C13H17FO4/c1-16-13-12(15)11(14)10(18-13)8-17-7-9-5-3-2-4-6-9/h2-6,10-13,15H,7-8H2,1H3/t10-,11+,12+,13-/m1/s1.